The van der Waals surface area contributed by atoms with Gasteiger partial charge in [-0.25, -0.2) is 17.6 Å². The van der Waals surface area contributed by atoms with Crippen molar-refractivity contribution < 1.29 is 27.5 Å². The number of nitrogens with two attached hydrogens (primary N) is 1. The van der Waals surface area contributed by atoms with Crippen molar-refractivity contribution >= 4 is 39.3 Å². The SMILES string of the molecule is N[C@H](C(=O)Nc1cccc(F)c1CC[C@H]1CN[C@@H]2CCCS(=O)(=O)N1C2)C1(c2ccc(Cl)cc2)CCN(C(=O)O)CC1. The number of rotatable bonds is 7. The largest absolute Gasteiger partial charge is 0.465 e. The van der Waals surface area contributed by atoms with Crippen LogP contribution in [-0.4, -0.2) is 84.8 Å². The van der Waals surface area contributed by atoms with Gasteiger partial charge in [0.2, 0.25) is 15.9 Å². The third kappa shape index (κ3) is 6.28. The quantitative estimate of drug-likeness (QED) is 0.372. The van der Waals surface area contributed by atoms with Crippen LogP contribution < -0.4 is 16.4 Å². The summed E-state index contributed by atoms with van der Waals surface area (Å²) in [6.45, 7) is 1.32. The van der Waals surface area contributed by atoms with Crippen LogP contribution in [0, 0.1) is 5.82 Å². The van der Waals surface area contributed by atoms with Crippen LogP contribution in [0.1, 0.15) is 43.2 Å². The van der Waals surface area contributed by atoms with Gasteiger partial charge in [0.05, 0.1) is 11.8 Å². The molecular formula is C29H37ClFN5O5S. The highest BCUT2D eigenvalue weighted by Crippen LogP contribution is 2.39. The molecule has 1 unspecified atom stereocenters. The molecule has 0 saturated carbocycles. The molecule has 13 heteroatoms. The number of hydrogen-bond donors (Lipinski definition) is 4. The zero-order valence-electron chi connectivity index (χ0n) is 23.3. The number of carbonyl (C=O) groups excluding carboxylic acids is 1. The van der Waals surface area contributed by atoms with Crippen LogP contribution in [0.3, 0.4) is 0 Å². The van der Waals surface area contributed by atoms with Crippen LogP contribution in [0.4, 0.5) is 14.9 Å². The lowest BCUT2D eigenvalue weighted by Crippen LogP contribution is -2.58. The van der Waals surface area contributed by atoms with Crippen molar-refractivity contribution in [3.8, 4) is 0 Å². The number of amides is 2. The topological polar surface area (TPSA) is 145 Å². The molecule has 2 amide bonds. The molecule has 0 aliphatic carbocycles. The van der Waals surface area contributed by atoms with Crippen LogP contribution >= 0.6 is 11.6 Å². The van der Waals surface area contributed by atoms with Crippen molar-refractivity contribution in [2.45, 2.75) is 62.1 Å². The molecular weight excluding hydrogens is 585 g/mol. The van der Waals surface area contributed by atoms with Crippen LogP contribution in [-0.2, 0) is 26.7 Å². The smallest absolute Gasteiger partial charge is 0.407 e. The van der Waals surface area contributed by atoms with Crippen LogP contribution in [0.25, 0.3) is 0 Å². The Morgan fingerprint density at radius 2 is 1.90 bits per heavy atom. The maximum Gasteiger partial charge on any atom is 0.407 e. The van der Waals surface area contributed by atoms with Gasteiger partial charge in [-0.3, -0.25) is 4.79 Å². The van der Waals surface area contributed by atoms with E-state index in [0.29, 0.717) is 43.8 Å². The lowest BCUT2D eigenvalue weighted by atomic mass is 9.67. The molecule has 2 aromatic rings. The normalized spacial score (nSPS) is 25.7. The molecule has 3 heterocycles. The average Bonchev–Trinajstić information content (AvgIpc) is 3.08. The minimum Gasteiger partial charge on any atom is -0.465 e. The number of carboxylic acid groups (broad SMARTS) is 1. The number of likely N-dealkylation sites (tertiary alicyclic amines) is 1. The van der Waals surface area contributed by atoms with E-state index in [4.69, 9.17) is 17.3 Å². The summed E-state index contributed by atoms with van der Waals surface area (Å²) in [5.74, 6) is -0.901. The third-order valence-electron chi connectivity index (χ3n) is 9.09. The number of piperidine rings is 1. The Bertz CT molecular complexity index is 1420. The molecule has 3 fully saturated rings. The second-order valence-electron chi connectivity index (χ2n) is 11.5. The summed E-state index contributed by atoms with van der Waals surface area (Å²) in [5.41, 5.74) is 7.14. The van der Waals surface area contributed by atoms with Gasteiger partial charge in [0.1, 0.15) is 5.82 Å². The van der Waals surface area contributed by atoms with Gasteiger partial charge >= 0.3 is 6.09 Å². The molecule has 0 spiro atoms. The molecule has 0 aromatic heterocycles. The second kappa shape index (κ2) is 12.5. The minimum atomic E-state index is -3.39. The van der Waals surface area contributed by atoms with E-state index < -0.39 is 39.3 Å². The summed E-state index contributed by atoms with van der Waals surface area (Å²) >= 11 is 6.11. The summed E-state index contributed by atoms with van der Waals surface area (Å²) in [6.07, 6.45) is 1.64. The van der Waals surface area contributed by atoms with Crippen LogP contribution in [0.15, 0.2) is 42.5 Å². The fourth-order valence-electron chi connectivity index (χ4n) is 6.61. The van der Waals surface area contributed by atoms with Crippen molar-refractivity contribution in [1.29, 1.82) is 0 Å². The predicted molar refractivity (Wildman–Crippen MR) is 159 cm³/mol. The van der Waals surface area contributed by atoms with Crippen LogP contribution in [0.2, 0.25) is 5.02 Å². The van der Waals surface area contributed by atoms with E-state index in [1.54, 1.807) is 34.6 Å². The Labute approximate surface area is 250 Å². The molecule has 3 aliphatic rings. The van der Waals surface area contributed by atoms with Gasteiger partial charge in [-0.05, 0) is 68.4 Å². The maximum absolute atomic E-state index is 15.2. The highest BCUT2D eigenvalue weighted by atomic mass is 35.5. The van der Waals surface area contributed by atoms with Crippen molar-refractivity contribution in [3.05, 3.63) is 64.4 Å². The summed E-state index contributed by atoms with van der Waals surface area (Å²) in [7, 11) is -3.39. The van der Waals surface area contributed by atoms with E-state index in [2.05, 4.69) is 10.6 Å². The molecule has 2 bridgehead atoms. The molecule has 0 radical (unpaired) electrons. The predicted octanol–water partition coefficient (Wildman–Crippen LogP) is 3.16. The highest BCUT2D eigenvalue weighted by Gasteiger charge is 2.45. The van der Waals surface area contributed by atoms with E-state index in [1.807, 2.05) is 0 Å². The van der Waals surface area contributed by atoms with Crippen molar-refractivity contribution in [3.63, 3.8) is 0 Å². The Kier molecular flexibility index (Phi) is 9.10. The third-order valence-corrected chi connectivity index (χ3v) is 11.3. The number of nitrogens with one attached hydrogen (secondary N) is 2. The Morgan fingerprint density at radius 3 is 2.60 bits per heavy atom. The molecule has 2 aromatic carbocycles. The number of fused-ring (bicyclic) bond motifs is 2. The molecule has 5 rings (SSSR count). The number of hydrogen-bond acceptors (Lipinski definition) is 6. The second-order valence-corrected chi connectivity index (χ2v) is 14.0. The zero-order chi connectivity index (χ0) is 30.1. The Balaban J connectivity index is 1.35. The fourth-order valence-corrected chi connectivity index (χ4v) is 8.54. The zero-order valence-corrected chi connectivity index (χ0v) is 24.8. The molecule has 10 nitrogen and oxygen atoms in total. The van der Waals surface area contributed by atoms with E-state index in [1.165, 1.54) is 17.0 Å². The first-order valence-corrected chi connectivity index (χ1v) is 16.3. The molecule has 4 atom stereocenters. The van der Waals surface area contributed by atoms with Gasteiger partial charge in [-0.15, -0.1) is 0 Å². The van der Waals surface area contributed by atoms with Gasteiger partial charge in [-0.2, -0.15) is 4.31 Å². The number of nitrogens with zero attached hydrogens (tertiary/aromatic N) is 2. The molecule has 3 saturated heterocycles. The number of halogens is 2. The number of sulfonamides is 1. The number of benzene rings is 2. The van der Waals surface area contributed by atoms with E-state index in [9.17, 15) is 23.1 Å². The van der Waals surface area contributed by atoms with Crippen molar-refractivity contribution in [2.24, 2.45) is 5.73 Å². The van der Waals surface area contributed by atoms with Gasteiger partial charge < -0.3 is 26.4 Å². The molecule has 3 aliphatic heterocycles. The lowest BCUT2D eigenvalue weighted by molar-refractivity contribution is -0.119. The first-order valence-electron chi connectivity index (χ1n) is 14.3. The van der Waals surface area contributed by atoms with Crippen molar-refractivity contribution in [2.75, 3.05) is 37.2 Å². The number of carbonyl (C=O) groups is 2. The average molecular weight is 622 g/mol. The highest BCUT2D eigenvalue weighted by molar-refractivity contribution is 7.89. The lowest BCUT2D eigenvalue weighted by Gasteiger charge is -2.44. The number of anilines is 1. The summed E-state index contributed by atoms with van der Waals surface area (Å²) < 4.78 is 42.5. The summed E-state index contributed by atoms with van der Waals surface area (Å²) in [5, 5.41) is 16.3. The molecule has 228 valence electrons. The van der Waals surface area contributed by atoms with Crippen LogP contribution in [0.5, 0.6) is 0 Å². The molecule has 5 N–H and O–H groups in total. The Hall–Kier alpha value is -2.77. The first kappa shape index (κ1) is 30.7. The Morgan fingerprint density at radius 1 is 1.19 bits per heavy atom. The van der Waals surface area contributed by atoms with Gasteiger partial charge in [0.25, 0.3) is 0 Å². The van der Waals surface area contributed by atoms with Gasteiger partial charge in [0, 0.05) is 60.0 Å². The fraction of sp³-hybridized carbons (Fsp3) is 0.517. The maximum atomic E-state index is 15.2. The number of piperazine rings is 1. The monoisotopic (exact) mass is 621 g/mol. The van der Waals surface area contributed by atoms with Gasteiger partial charge in [0.15, 0.2) is 0 Å². The van der Waals surface area contributed by atoms with Crippen molar-refractivity contribution in [1.82, 2.24) is 14.5 Å². The van der Waals surface area contributed by atoms with E-state index in [-0.39, 0.29) is 48.6 Å². The standard InChI is InChI=1S/C29H37ClFN5O5S/c30-20-8-6-19(7-9-20)29(12-14-35(15-13-29)28(38)39)26(32)27(37)34-25-5-1-4-24(31)23(25)11-10-22-17-33-21-3-2-16-42(40,41)36(22)18-21/h1,4-9,21-22,26,33H,2-3,10-18,32H2,(H,34,37)(H,38,39)/t21-,22+,26-/m1/s1. The first-order chi connectivity index (χ1) is 20.0. The van der Waals surface area contributed by atoms with E-state index >= 15 is 4.39 Å². The summed E-state index contributed by atoms with van der Waals surface area (Å²) in [4.78, 5) is 26.6. The van der Waals surface area contributed by atoms with E-state index in [0.717, 1.165) is 12.0 Å². The summed E-state index contributed by atoms with van der Waals surface area (Å²) in [6, 6.07) is 10.2. The van der Waals surface area contributed by atoms with Gasteiger partial charge in [-0.1, -0.05) is 29.8 Å². The minimum absolute atomic E-state index is 0.111. The molecule has 42 heavy (non-hydrogen) atoms.